The quantitative estimate of drug-likeness (QED) is 0.237. The van der Waals surface area contributed by atoms with E-state index in [4.69, 9.17) is 4.74 Å². The maximum Gasteiger partial charge on any atom is 0.343 e. The van der Waals surface area contributed by atoms with E-state index in [1.54, 1.807) is 24.3 Å². The summed E-state index contributed by atoms with van der Waals surface area (Å²) in [6.45, 7) is -0.207. The number of amides is 2. The lowest BCUT2D eigenvalue weighted by atomic mass is 10.1. The number of methoxy groups -OCH3 is 1. The minimum atomic E-state index is -0.861. The molecule has 3 heterocycles. The molecule has 2 amide bonds. The molecule has 0 saturated carbocycles. The second-order valence-electron chi connectivity index (χ2n) is 9.83. The SMILES string of the molecule is CONC(=O)Nc1ccc(-c2sc3c(c2CN(C)C)c(=O)n(-c2cc(OC)cnn2)c(=O)n3Cc2c(F)cccc2F)cc1. The molecule has 0 fully saturated rings. The molecule has 5 aromatic rings. The molecule has 0 aliphatic carbocycles. The highest BCUT2D eigenvalue weighted by Gasteiger charge is 2.26. The van der Waals surface area contributed by atoms with Gasteiger partial charge in [0, 0.05) is 28.7 Å². The maximum absolute atomic E-state index is 14.9. The lowest BCUT2D eigenvalue weighted by Gasteiger charge is -2.14. The van der Waals surface area contributed by atoms with Crippen LogP contribution < -0.4 is 26.8 Å². The van der Waals surface area contributed by atoms with Crippen molar-refractivity contribution in [1.29, 1.82) is 0 Å². The van der Waals surface area contributed by atoms with Crippen molar-refractivity contribution in [2.75, 3.05) is 33.6 Å². The molecule has 0 saturated heterocycles. The number of hydroxylamine groups is 1. The van der Waals surface area contributed by atoms with Crippen LogP contribution in [-0.2, 0) is 17.9 Å². The van der Waals surface area contributed by atoms with E-state index in [2.05, 4.69) is 25.8 Å². The Hall–Kier alpha value is -4.99. The van der Waals surface area contributed by atoms with Crippen molar-refractivity contribution in [1.82, 2.24) is 29.7 Å². The van der Waals surface area contributed by atoms with Crippen LogP contribution in [0.2, 0.25) is 0 Å². The van der Waals surface area contributed by atoms with Crippen LogP contribution in [0.5, 0.6) is 5.75 Å². The highest BCUT2D eigenvalue weighted by molar-refractivity contribution is 7.22. The van der Waals surface area contributed by atoms with Crippen molar-refractivity contribution in [3.8, 4) is 22.0 Å². The van der Waals surface area contributed by atoms with E-state index in [9.17, 15) is 23.2 Å². The Labute approximate surface area is 253 Å². The average molecular weight is 624 g/mol. The third-order valence-electron chi connectivity index (χ3n) is 6.61. The van der Waals surface area contributed by atoms with Gasteiger partial charge in [0.1, 0.15) is 22.2 Å². The van der Waals surface area contributed by atoms with Crippen molar-refractivity contribution in [3.63, 3.8) is 0 Å². The van der Waals surface area contributed by atoms with Gasteiger partial charge in [0.25, 0.3) is 5.56 Å². The Morgan fingerprint density at radius 2 is 1.75 bits per heavy atom. The lowest BCUT2D eigenvalue weighted by Crippen LogP contribution is -2.39. The number of thiophene rings is 1. The van der Waals surface area contributed by atoms with E-state index in [0.29, 0.717) is 21.7 Å². The van der Waals surface area contributed by atoms with Gasteiger partial charge in [-0.15, -0.1) is 16.4 Å². The van der Waals surface area contributed by atoms with Gasteiger partial charge in [0.2, 0.25) is 0 Å². The second kappa shape index (κ2) is 12.7. The number of nitrogens with one attached hydrogen (secondary N) is 2. The molecule has 15 heteroatoms. The number of anilines is 1. The van der Waals surface area contributed by atoms with Crippen LogP contribution in [0.4, 0.5) is 19.3 Å². The number of carbonyl (C=O) groups excluding carboxylic acids is 1. The summed E-state index contributed by atoms with van der Waals surface area (Å²) in [4.78, 5) is 47.4. The van der Waals surface area contributed by atoms with Crippen LogP contribution >= 0.6 is 11.3 Å². The minimum Gasteiger partial charge on any atom is -0.495 e. The average Bonchev–Trinajstić information content (AvgIpc) is 3.35. The van der Waals surface area contributed by atoms with Crippen molar-refractivity contribution >= 4 is 33.3 Å². The Bertz CT molecular complexity index is 1950. The molecular weight excluding hydrogens is 596 g/mol. The summed E-state index contributed by atoms with van der Waals surface area (Å²) in [6.07, 6.45) is 1.32. The standard InChI is InChI=1S/C29H27F2N7O5S/c1-36(2)14-20-24-26(39)38(23-12-18(42-3)13-32-34-23)29(41)37(15-19-21(30)6-5-7-22(19)31)27(24)44-25(20)16-8-10-17(11-9-16)33-28(40)35-43-4/h5-13H,14-15H2,1-4H3,(H2,33,35,40). The Kier molecular flexibility index (Phi) is 8.80. The Morgan fingerprint density at radius 3 is 2.39 bits per heavy atom. The van der Waals surface area contributed by atoms with Gasteiger partial charge in [-0.2, -0.15) is 5.10 Å². The molecule has 0 bridgehead atoms. The number of carbonyl (C=O) groups is 1. The second-order valence-corrected chi connectivity index (χ2v) is 10.8. The molecule has 0 unspecified atom stereocenters. The molecule has 0 aliphatic rings. The first-order chi connectivity index (χ1) is 21.1. The minimum absolute atomic E-state index is 0.114. The van der Waals surface area contributed by atoms with Gasteiger partial charge in [0.15, 0.2) is 5.82 Å². The summed E-state index contributed by atoms with van der Waals surface area (Å²) < 4.78 is 36.9. The van der Waals surface area contributed by atoms with Gasteiger partial charge in [-0.25, -0.2) is 28.4 Å². The van der Waals surface area contributed by atoms with Crippen LogP contribution in [0, 0.1) is 11.6 Å². The van der Waals surface area contributed by atoms with E-state index in [-0.39, 0.29) is 33.9 Å². The topological polar surface area (TPSA) is 133 Å². The highest BCUT2D eigenvalue weighted by Crippen LogP contribution is 2.38. The van der Waals surface area contributed by atoms with E-state index in [1.165, 1.54) is 32.5 Å². The number of ether oxygens (including phenoxy) is 1. The van der Waals surface area contributed by atoms with Crippen LogP contribution in [0.1, 0.15) is 11.1 Å². The number of rotatable bonds is 9. The third kappa shape index (κ3) is 5.92. The molecule has 228 valence electrons. The van der Waals surface area contributed by atoms with Crippen LogP contribution in [0.3, 0.4) is 0 Å². The molecule has 2 aromatic carbocycles. The van der Waals surface area contributed by atoms with Gasteiger partial charge >= 0.3 is 11.7 Å². The van der Waals surface area contributed by atoms with Gasteiger partial charge in [0.05, 0.1) is 32.3 Å². The molecule has 44 heavy (non-hydrogen) atoms. The number of hydrogen-bond acceptors (Lipinski definition) is 9. The zero-order valence-corrected chi connectivity index (χ0v) is 24.9. The van der Waals surface area contributed by atoms with Gasteiger partial charge < -0.3 is 15.0 Å². The van der Waals surface area contributed by atoms with Crippen molar-refractivity contribution in [3.05, 3.63) is 98.3 Å². The first kappa shape index (κ1) is 30.5. The maximum atomic E-state index is 14.9. The monoisotopic (exact) mass is 623 g/mol. The first-order valence-electron chi connectivity index (χ1n) is 13.1. The predicted octanol–water partition coefficient (Wildman–Crippen LogP) is 3.75. The van der Waals surface area contributed by atoms with E-state index in [0.717, 1.165) is 32.6 Å². The number of benzene rings is 2. The fourth-order valence-corrected chi connectivity index (χ4v) is 5.97. The van der Waals surface area contributed by atoms with E-state index < -0.39 is 35.5 Å². The summed E-state index contributed by atoms with van der Waals surface area (Å²) in [5, 5.41) is 10.6. The molecule has 3 aromatic heterocycles. The van der Waals surface area contributed by atoms with Crippen LogP contribution in [-0.4, -0.2) is 58.6 Å². The van der Waals surface area contributed by atoms with Crippen LogP contribution in [0.25, 0.3) is 26.5 Å². The first-order valence-corrected chi connectivity index (χ1v) is 13.9. The summed E-state index contributed by atoms with van der Waals surface area (Å²) in [6, 6.07) is 11.1. The van der Waals surface area contributed by atoms with Crippen molar-refractivity contribution in [2.45, 2.75) is 13.1 Å². The number of fused-ring (bicyclic) bond motifs is 1. The summed E-state index contributed by atoms with van der Waals surface area (Å²) in [7, 11) is 6.36. The van der Waals surface area contributed by atoms with E-state index >= 15 is 0 Å². The highest BCUT2D eigenvalue weighted by atomic mass is 32.1. The van der Waals surface area contributed by atoms with Crippen molar-refractivity contribution < 1.29 is 23.1 Å². The number of nitrogens with zero attached hydrogens (tertiary/aromatic N) is 5. The molecular formula is C29H27F2N7O5S. The largest absolute Gasteiger partial charge is 0.495 e. The van der Waals surface area contributed by atoms with Crippen molar-refractivity contribution in [2.24, 2.45) is 0 Å². The summed E-state index contributed by atoms with van der Waals surface area (Å²) >= 11 is 1.14. The van der Waals surface area contributed by atoms with Gasteiger partial charge in [-0.1, -0.05) is 18.2 Å². The number of halogens is 2. The fourth-order valence-electron chi connectivity index (χ4n) is 4.67. The molecule has 0 atom stereocenters. The molecule has 0 aliphatic heterocycles. The lowest BCUT2D eigenvalue weighted by molar-refractivity contribution is 0.114. The molecule has 0 spiro atoms. The molecule has 0 radical (unpaired) electrons. The van der Waals surface area contributed by atoms with Crippen LogP contribution in [0.15, 0.2) is 64.3 Å². The van der Waals surface area contributed by atoms with Gasteiger partial charge in [-0.3, -0.25) is 14.2 Å². The Balaban J connectivity index is 1.80. The molecule has 12 nitrogen and oxygen atoms in total. The molecule has 5 rings (SSSR count). The van der Waals surface area contributed by atoms with Gasteiger partial charge in [-0.05, 0) is 49.5 Å². The Morgan fingerprint density at radius 1 is 1.05 bits per heavy atom. The summed E-state index contributed by atoms with van der Waals surface area (Å²) in [5.41, 5.74) is 2.04. The van der Waals surface area contributed by atoms with E-state index in [1.807, 2.05) is 19.0 Å². The fraction of sp³-hybridized carbons (Fsp3) is 0.207. The number of urea groups is 1. The smallest absolute Gasteiger partial charge is 0.343 e. The normalized spacial score (nSPS) is 11.2. The predicted molar refractivity (Wildman–Crippen MR) is 161 cm³/mol. The third-order valence-corrected chi connectivity index (χ3v) is 7.91. The zero-order chi connectivity index (χ0) is 31.5. The summed E-state index contributed by atoms with van der Waals surface area (Å²) in [5.74, 6) is -1.54. The number of aromatic nitrogens is 4. The zero-order valence-electron chi connectivity index (χ0n) is 24.1. The number of hydrogen-bond donors (Lipinski definition) is 2. The molecule has 2 N–H and O–H groups in total.